The van der Waals surface area contributed by atoms with Crippen LogP contribution in [-0.2, 0) is 13.5 Å². The fraction of sp³-hybridized carbons (Fsp3) is 0.385. The van der Waals surface area contributed by atoms with E-state index in [1.807, 2.05) is 0 Å². The number of benzene rings is 1. The summed E-state index contributed by atoms with van der Waals surface area (Å²) in [7, 11) is 1.76. The summed E-state index contributed by atoms with van der Waals surface area (Å²) in [6.45, 7) is 2.12. The lowest BCUT2D eigenvalue weighted by atomic mass is 10.2. The van der Waals surface area contributed by atoms with Crippen LogP contribution in [0.1, 0.15) is 25.6 Å². The van der Waals surface area contributed by atoms with E-state index < -0.39 is 0 Å². The lowest BCUT2D eigenvalue weighted by Crippen LogP contribution is -2.22. The van der Waals surface area contributed by atoms with E-state index in [0.717, 1.165) is 30.6 Å². The molecule has 90 valence electrons. The maximum Gasteiger partial charge on any atom is 0.261 e. The van der Waals surface area contributed by atoms with Crippen molar-refractivity contribution in [3.63, 3.8) is 0 Å². The van der Waals surface area contributed by atoms with E-state index in [9.17, 15) is 4.79 Å². The maximum absolute atomic E-state index is 12.1. The zero-order valence-corrected chi connectivity index (χ0v) is 10.8. The van der Waals surface area contributed by atoms with E-state index in [4.69, 9.17) is 11.6 Å². The number of unbranched alkanes of at least 4 members (excludes halogenated alkanes) is 1. The second-order valence-corrected chi connectivity index (χ2v) is 4.59. The molecule has 0 saturated carbocycles. The first kappa shape index (κ1) is 12.1. The predicted molar refractivity (Wildman–Crippen MR) is 70.6 cm³/mol. The van der Waals surface area contributed by atoms with Crippen molar-refractivity contribution in [1.82, 2.24) is 9.55 Å². The van der Waals surface area contributed by atoms with Gasteiger partial charge in [0.2, 0.25) is 0 Å². The summed E-state index contributed by atoms with van der Waals surface area (Å²) >= 11 is 5.89. The van der Waals surface area contributed by atoms with Crippen LogP contribution in [0.4, 0.5) is 0 Å². The number of hydrogen-bond donors (Lipinski definition) is 0. The molecule has 0 bridgehead atoms. The molecule has 2 rings (SSSR count). The van der Waals surface area contributed by atoms with E-state index >= 15 is 0 Å². The van der Waals surface area contributed by atoms with Crippen molar-refractivity contribution in [2.45, 2.75) is 26.2 Å². The fourth-order valence-corrected chi connectivity index (χ4v) is 2.02. The molecule has 17 heavy (non-hydrogen) atoms. The van der Waals surface area contributed by atoms with Crippen LogP contribution < -0.4 is 5.56 Å². The summed E-state index contributed by atoms with van der Waals surface area (Å²) in [5.74, 6) is 0.840. The summed E-state index contributed by atoms with van der Waals surface area (Å²) in [4.78, 5) is 16.6. The van der Waals surface area contributed by atoms with E-state index in [0.29, 0.717) is 10.4 Å². The summed E-state index contributed by atoms with van der Waals surface area (Å²) in [5, 5.41) is 1.15. The molecular formula is C13H15ClN2O. The summed E-state index contributed by atoms with van der Waals surface area (Å²) in [6.07, 6.45) is 2.97. The zero-order chi connectivity index (χ0) is 12.4. The predicted octanol–water partition coefficient (Wildman–Crippen LogP) is 2.93. The van der Waals surface area contributed by atoms with E-state index in [-0.39, 0.29) is 5.56 Å². The van der Waals surface area contributed by atoms with Gasteiger partial charge in [-0.25, -0.2) is 4.98 Å². The molecule has 0 atom stereocenters. The largest absolute Gasteiger partial charge is 0.299 e. The molecule has 2 aromatic rings. The number of nitrogens with zero attached hydrogens (tertiary/aromatic N) is 2. The van der Waals surface area contributed by atoms with Gasteiger partial charge in [0.15, 0.2) is 0 Å². The quantitative estimate of drug-likeness (QED) is 0.840. The van der Waals surface area contributed by atoms with Gasteiger partial charge in [0.05, 0.1) is 10.9 Å². The highest BCUT2D eigenvalue weighted by Crippen LogP contribution is 2.15. The van der Waals surface area contributed by atoms with Crippen molar-refractivity contribution in [2.24, 2.45) is 7.05 Å². The average Bonchev–Trinajstić information content (AvgIpc) is 2.33. The van der Waals surface area contributed by atoms with Gasteiger partial charge in [-0.3, -0.25) is 9.36 Å². The smallest absolute Gasteiger partial charge is 0.261 e. The first-order valence-corrected chi connectivity index (χ1v) is 6.16. The number of aromatic nitrogens is 2. The van der Waals surface area contributed by atoms with E-state index in [1.54, 1.807) is 29.8 Å². The Bertz CT molecular complexity index is 604. The maximum atomic E-state index is 12.1. The van der Waals surface area contributed by atoms with Crippen LogP contribution in [-0.4, -0.2) is 9.55 Å². The van der Waals surface area contributed by atoms with Crippen molar-refractivity contribution >= 4 is 22.5 Å². The van der Waals surface area contributed by atoms with Gasteiger partial charge >= 0.3 is 0 Å². The zero-order valence-electron chi connectivity index (χ0n) is 10.0. The van der Waals surface area contributed by atoms with Crippen LogP contribution in [0, 0.1) is 0 Å². The first-order valence-electron chi connectivity index (χ1n) is 5.78. The molecule has 0 N–H and O–H groups in total. The van der Waals surface area contributed by atoms with Gasteiger partial charge in [0, 0.05) is 18.5 Å². The number of hydrogen-bond acceptors (Lipinski definition) is 2. The van der Waals surface area contributed by atoms with Gasteiger partial charge in [-0.05, 0) is 24.6 Å². The third-order valence-corrected chi connectivity index (χ3v) is 3.12. The molecule has 0 aliphatic heterocycles. The third-order valence-electron chi connectivity index (χ3n) is 2.88. The Labute approximate surface area is 105 Å². The number of rotatable bonds is 3. The van der Waals surface area contributed by atoms with Gasteiger partial charge in [0.1, 0.15) is 5.82 Å². The molecule has 0 aliphatic carbocycles. The second kappa shape index (κ2) is 4.88. The van der Waals surface area contributed by atoms with Crippen LogP contribution in [0.3, 0.4) is 0 Å². The van der Waals surface area contributed by atoms with Crippen molar-refractivity contribution in [3.8, 4) is 0 Å². The van der Waals surface area contributed by atoms with Crippen LogP contribution >= 0.6 is 11.6 Å². The highest BCUT2D eigenvalue weighted by Gasteiger charge is 2.07. The molecule has 1 aromatic carbocycles. The molecular weight excluding hydrogens is 236 g/mol. The molecule has 0 saturated heterocycles. The molecule has 0 amide bonds. The molecule has 0 unspecified atom stereocenters. The molecule has 1 aromatic heterocycles. The summed E-state index contributed by atoms with van der Waals surface area (Å²) < 4.78 is 1.62. The van der Waals surface area contributed by atoms with Gasteiger partial charge in [-0.2, -0.15) is 0 Å². The Morgan fingerprint density at radius 3 is 2.88 bits per heavy atom. The van der Waals surface area contributed by atoms with Crippen molar-refractivity contribution in [2.75, 3.05) is 0 Å². The SMILES string of the molecule is CCCCc1nc2ccc(Cl)cc2c(=O)n1C. The highest BCUT2D eigenvalue weighted by atomic mass is 35.5. The normalized spacial score (nSPS) is 11.0. The van der Waals surface area contributed by atoms with Gasteiger partial charge in [0.25, 0.3) is 5.56 Å². The Hall–Kier alpha value is -1.35. The van der Waals surface area contributed by atoms with Crippen molar-refractivity contribution in [1.29, 1.82) is 0 Å². The Morgan fingerprint density at radius 2 is 2.18 bits per heavy atom. The standard InChI is InChI=1S/C13H15ClN2O/c1-3-4-5-12-15-11-7-6-9(14)8-10(11)13(17)16(12)2/h6-8H,3-5H2,1-2H3. The van der Waals surface area contributed by atoms with Gasteiger partial charge in [-0.15, -0.1) is 0 Å². The number of aryl methyl sites for hydroxylation is 1. The molecule has 0 spiro atoms. The lowest BCUT2D eigenvalue weighted by molar-refractivity contribution is 0.684. The van der Waals surface area contributed by atoms with Crippen molar-refractivity contribution < 1.29 is 0 Å². The van der Waals surface area contributed by atoms with Gasteiger partial charge < -0.3 is 0 Å². The Kier molecular flexibility index (Phi) is 3.48. The second-order valence-electron chi connectivity index (χ2n) is 4.16. The van der Waals surface area contributed by atoms with Crippen LogP contribution in [0.5, 0.6) is 0 Å². The highest BCUT2D eigenvalue weighted by molar-refractivity contribution is 6.31. The minimum absolute atomic E-state index is 0.0244. The topological polar surface area (TPSA) is 34.9 Å². The van der Waals surface area contributed by atoms with Crippen LogP contribution in [0.2, 0.25) is 5.02 Å². The lowest BCUT2D eigenvalue weighted by Gasteiger charge is -2.08. The van der Waals surface area contributed by atoms with E-state index in [2.05, 4.69) is 11.9 Å². The van der Waals surface area contributed by atoms with Crippen LogP contribution in [0.15, 0.2) is 23.0 Å². The molecule has 1 heterocycles. The molecule has 3 nitrogen and oxygen atoms in total. The summed E-state index contributed by atoms with van der Waals surface area (Å²) in [6, 6.07) is 5.24. The minimum atomic E-state index is -0.0244. The molecule has 0 aliphatic rings. The number of fused-ring (bicyclic) bond motifs is 1. The first-order chi connectivity index (χ1) is 8.13. The molecule has 0 fully saturated rings. The Morgan fingerprint density at radius 1 is 1.41 bits per heavy atom. The summed E-state index contributed by atoms with van der Waals surface area (Å²) in [5.41, 5.74) is 0.701. The monoisotopic (exact) mass is 250 g/mol. The van der Waals surface area contributed by atoms with Crippen molar-refractivity contribution in [3.05, 3.63) is 39.4 Å². The average molecular weight is 251 g/mol. The van der Waals surface area contributed by atoms with Crippen LogP contribution in [0.25, 0.3) is 10.9 Å². The molecule has 0 radical (unpaired) electrons. The van der Waals surface area contributed by atoms with Gasteiger partial charge in [-0.1, -0.05) is 24.9 Å². The fourth-order valence-electron chi connectivity index (χ4n) is 1.85. The van der Waals surface area contributed by atoms with E-state index in [1.165, 1.54) is 0 Å². The number of halogens is 1. The Balaban J connectivity index is 2.62. The third kappa shape index (κ3) is 2.34. The minimum Gasteiger partial charge on any atom is -0.299 e. The molecule has 4 heteroatoms.